The molecule has 1 amide bonds. The molecule has 0 aromatic heterocycles. The van der Waals surface area contributed by atoms with Crippen molar-refractivity contribution < 1.29 is 9.18 Å². The molecule has 0 heterocycles. The molecule has 0 saturated heterocycles. The molecule has 1 unspecified atom stereocenters. The van der Waals surface area contributed by atoms with Crippen molar-refractivity contribution in [1.82, 2.24) is 0 Å². The van der Waals surface area contributed by atoms with Gasteiger partial charge in [-0.1, -0.05) is 38.9 Å². The van der Waals surface area contributed by atoms with Gasteiger partial charge >= 0.3 is 0 Å². The Labute approximate surface area is 124 Å². The fraction of sp³-hybridized carbons (Fsp3) is 0.467. The normalized spacial score (nSPS) is 11.9. The maximum Gasteiger partial charge on any atom is 0.227 e. The van der Waals surface area contributed by atoms with Gasteiger partial charge in [-0.2, -0.15) is 0 Å². The minimum atomic E-state index is -0.478. The van der Waals surface area contributed by atoms with Crippen molar-refractivity contribution in [2.75, 3.05) is 5.32 Å². The second kappa shape index (κ2) is 7.94. The summed E-state index contributed by atoms with van der Waals surface area (Å²) >= 11 is 4.78. The van der Waals surface area contributed by atoms with Gasteiger partial charge in [0.25, 0.3) is 0 Å². The first-order chi connectivity index (χ1) is 9.49. The molecule has 0 aliphatic heterocycles. The van der Waals surface area contributed by atoms with Crippen LogP contribution in [0.15, 0.2) is 18.2 Å². The van der Waals surface area contributed by atoms with E-state index in [0.29, 0.717) is 5.69 Å². The molecule has 20 heavy (non-hydrogen) atoms. The molecule has 0 bridgehead atoms. The summed E-state index contributed by atoms with van der Waals surface area (Å²) in [6.07, 6.45) is 3.73. The predicted octanol–water partition coefficient (Wildman–Crippen LogP) is 3.61. The summed E-state index contributed by atoms with van der Waals surface area (Å²) in [5.74, 6) is -0.539. The number of hydrogen-bond donors (Lipinski definition) is 2. The summed E-state index contributed by atoms with van der Waals surface area (Å²) in [5.41, 5.74) is 6.12. The first-order valence-corrected chi connectivity index (χ1v) is 7.30. The molecule has 3 N–H and O–H groups in total. The second-order valence-electron chi connectivity index (χ2n) is 4.80. The number of carbonyl (C=O) groups is 1. The summed E-state index contributed by atoms with van der Waals surface area (Å²) in [7, 11) is 0. The fourth-order valence-electron chi connectivity index (χ4n) is 2.01. The highest BCUT2D eigenvalue weighted by molar-refractivity contribution is 7.80. The number of carbonyl (C=O) groups excluding carboxylic acids is 1. The topological polar surface area (TPSA) is 55.1 Å². The largest absolute Gasteiger partial charge is 0.389 e. The summed E-state index contributed by atoms with van der Waals surface area (Å²) < 4.78 is 13.5. The van der Waals surface area contributed by atoms with E-state index in [1.165, 1.54) is 18.2 Å². The fourth-order valence-corrected chi connectivity index (χ4v) is 2.16. The highest BCUT2D eigenvalue weighted by Crippen LogP contribution is 2.18. The zero-order chi connectivity index (χ0) is 15.1. The minimum absolute atomic E-state index is 0.0170. The van der Waals surface area contributed by atoms with Crippen molar-refractivity contribution >= 4 is 28.8 Å². The Kier molecular flexibility index (Phi) is 6.58. The van der Waals surface area contributed by atoms with Crippen LogP contribution in [0.4, 0.5) is 10.1 Å². The molecule has 0 spiro atoms. The van der Waals surface area contributed by atoms with Gasteiger partial charge in [0.15, 0.2) is 0 Å². The van der Waals surface area contributed by atoms with Crippen LogP contribution in [0.25, 0.3) is 0 Å². The number of thiocarbonyl (C=S) groups is 1. The quantitative estimate of drug-likeness (QED) is 0.756. The summed E-state index contributed by atoms with van der Waals surface area (Å²) in [6, 6.07) is 4.25. The van der Waals surface area contributed by atoms with E-state index in [9.17, 15) is 9.18 Å². The lowest BCUT2D eigenvalue weighted by atomic mass is 9.98. The summed E-state index contributed by atoms with van der Waals surface area (Å²) in [4.78, 5) is 12.1. The number of nitrogens with one attached hydrogen (secondary N) is 1. The molecule has 1 aromatic rings. The van der Waals surface area contributed by atoms with E-state index in [0.717, 1.165) is 25.7 Å². The zero-order valence-electron chi connectivity index (χ0n) is 11.9. The van der Waals surface area contributed by atoms with E-state index < -0.39 is 5.82 Å². The van der Waals surface area contributed by atoms with Crippen molar-refractivity contribution in [2.24, 2.45) is 11.7 Å². The summed E-state index contributed by atoms with van der Waals surface area (Å²) in [6.45, 7) is 4.09. The SMILES string of the molecule is CCCCC(CC)C(=O)Nc1ccc(F)c(C(N)=S)c1. The number of halogens is 1. The smallest absolute Gasteiger partial charge is 0.227 e. The van der Waals surface area contributed by atoms with Gasteiger partial charge in [0.2, 0.25) is 5.91 Å². The highest BCUT2D eigenvalue weighted by Gasteiger charge is 2.16. The number of benzene rings is 1. The molecule has 0 aliphatic carbocycles. The number of anilines is 1. The lowest BCUT2D eigenvalue weighted by Gasteiger charge is -2.15. The van der Waals surface area contributed by atoms with E-state index in [4.69, 9.17) is 18.0 Å². The molecular formula is C15H21FN2OS. The van der Waals surface area contributed by atoms with E-state index in [1.54, 1.807) is 0 Å². The van der Waals surface area contributed by atoms with Crippen molar-refractivity contribution in [2.45, 2.75) is 39.5 Å². The lowest BCUT2D eigenvalue weighted by molar-refractivity contribution is -0.120. The third-order valence-electron chi connectivity index (χ3n) is 3.27. The van der Waals surface area contributed by atoms with E-state index in [1.807, 2.05) is 6.92 Å². The number of unbranched alkanes of at least 4 members (excludes halogenated alkanes) is 1. The Morgan fingerprint density at radius 2 is 2.15 bits per heavy atom. The van der Waals surface area contributed by atoms with Gasteiger partial charge in [0, 0.05) is 17.2 Å². The van der Waals surface area contributed by atoms with Gasteiger partial charge in [0.1, 0.15) is 10.8 Å². The van der Waals surface area contributed by atoms with Crippen molar-refractivity contribution in [3.63, 3.8) is 0 Å². The Hall–Kier alpha value is -1.49. The maximum atomic E-state index is 13.5. The molecule has 110 valence electrons. The van der Waals surface area contributed by atoms with E-state index in [-0.39, 0.29) is 22.4 Å². The molecular weight excluding hydrogens is 275 g/mol. The van der Waals surface area contributed by atoms with E-state index >= 15 is 0 Å². The summed E-state index contributed by atoms with van der Waals surface area (Å²) in [5, 5.41) is 2.80. The highest BCUT2D eigenvalue weighted by atomic mass is 32.1. The van der Waals surface area contributed by atoms with Crippen LogP contribution in [-0.2, 0) is 4.79 Å². The molecule has 1 atom stereocenters. The molecule has 5 heteroatoms. The molecule has 1 aromatic carbocycles. The number of rotatable bonds is 7. The number of nitrogens with two attached hydrogens (primary N) is 1. The van der Waals surface area contributed by atoms with Crippen LogP contribution in [0, 0.1) is 11.7 Å². The third kappa shape index (κ3) is 4.56. The van der Waals surface area contributed by atoms with Gasteiger partial charge in [-0.05, 0) is 31.0 Å². The first kappa shape index (κ1) is 16.6. The second-order valence-corrected chi connectivity index (χ2v) is 5.24. The molecule has 0 fully saturated rings. The van der Waals surface area contributed by atoms with Gasteiger partial charge < -0.3 is 11.1 Å². The van der Waals surface area contributed by atoms with Gasteiger partial charge in [0.05, 0.1) is 0 Å². The minimum Gasteiger partial charge on any atom is -0.389 e. The number of hydrogen-bond acceptors (Lipinski definition) is 2. The number of amides is 1. The Morgan fingerprint density at radius 1 is 1.45 bits per heavy atom. The standard InChI is InChI=1S/C15H21FN2OS/c1-3-5-6-10(4-2)15(19)18-11-7-8-13(16)12(9-11)14(17)20/h7-10H,3-6H2,1-2H3,(H2,17,20)(H,18,19). The predicted molar refractivity (Wildman–Crippen MR) is 84.2 cm³/mol. The molecule has 1 rings (SSSR count). The lowest BCUT2D eigenvalue weighted by Crippen LogP contribution is -2.22. The molecule has 0 aliphatic rings. The van der Waals surface area contributed by atoms with Crippen LogP contribution in [0.1, 0.15) is 45.1 Å². The van der Waals surface area contributed by atoms with Crippen molar-refractivity contribution in [3.8, 4) is 0 Å². The molecule has 0 saturated carbocycles. The Morgan fingerprint density at radius 3 is 2.70 bits per heavy atom. The monoisotopic (exact) mass is 296 g/mol. The third-order valence-corrected chi connectivity index (χ3v) is 3.49. The van der Waals surface area contributed by atoms with Crippen LogP contribution >= 0.6 is 12.2 Å². The zero-order valence-corrected chi connectivity index (χ0v) is 12.7. The molecule has 3 nitrogen and oxygen atoms in total. The van der Waals surface area contributed by atoms with Crippen molar-refractivity contribution in [1.29, 1.82) is 0 Å². The van der Waals surface area contributed by atoms with Crippen LogP contribution in [0.5, 0.6) is 0 Å². The average molecular weight is 296 g/mol. The van der Waals surface area contributed by atoms with E-state index in [2.05, 4.69) is 12.2 Å². The van der Waals surface area contributed by atoms with Crippen LogP contribution in [-0.4, -0.2) is 10.9 Å². The maximum absolute atomic E-state index is 13.5. The first-order valence-electron chi connectivity index (χ1n) is 6.89. The van der Waals surface area contributed by atoms with Crippen LogP contribution < -0.4 is 11.1 Å². The van der Waals surface area contributed by atoms with Gasteiger partial charge in [-0.15, -0.1) is 0 Å². The average Bonchev–Trinajstić information content (AvgIpc) is 2.41. The van der Waals surface area contributed by atoms with Crippen LogP contribution in [0.2, 0.25) is 0 Å². The Balaban J connectivity index is 2.79. The molecule has 0 radical (unpaired) electrons. The van der Waals surface area contributed by atoms with Crippen LogP contribution in [0.3, 0.4) is 0 Å². The van der Waals surface area contributed by atoms with Gasteiger partial charge in [-0.25, -0.2) is 4.39 Å². The van der Waals surface area contributed by atoms with Crippen molar-refractivity contribution in [3.05, 3.63) is 29.6 Å². The Bertz CT molecular complexity index is 491. The van der Waals surface area contributed by atoms with Gasteiger partial charge in [-0.3, -0.25) is 4.79 Å².